The molecule has 2 N–H and O–H groups in total. The largest absolute Gasteiger partial charge is 0.493 e. The number of carbonyl (C=O) groups is 2. The molecule has 2 amide bonds. The summed E-state index contributed by atoms with van der Waals surface area (Å²) in [5.74, 6) is 0.183. The Morgan fingerprint density at radius 2 is 2.21 bits per heavy atom. The van der Waals surface area contributed by atoms with Crippen molar-refractivity contribution < 1.29 is 18.7 Å². The zero-order valence-electron chi connectivity index (χ0n) is 13.1. The van der Waals surface area contributed by atoms with Crippen molar-refractivity contribution in [1.82, 2.24) is 10.3 Å². The Labute approximate surface area is 141 Å². The number of furan rings is 1. The predicted octanol–water partition coefficient (Wildman–Crippen LogP) is 2.44. The van der Waals surface area contributed by atoms with E-state index < -0.39 is 5.91 Å². The lowest BCUT2D eigenvalue weighted by Crippen LogP contribution is -2.20. The molecule has 3 aromatic rings. The predicted molar refractivity (Wildman–Crippen MR) is 90.6 cm³/mol. The number of hydrogen-bond acceptors (Lipinski definition) is 6. The number of methoxy groups -OCH3 is 1. The van der Waals surface area contributed by atoms with E-state index in [1.165, 1.54) is 11.3 Å². The molecule has 0 aliphatic heterocycles. The molecule has 1 aromatic carbocycles. The minimum Gasteiger partial charge on any atom is -0.493 e. The summed E-state index contributed by atoms with van der Waals surface area (Å²) in [6.07, 6.45) is 0.171. The lowest BCUT2D eigenvalue weighted by molar-refractivity contribution is -0.120. The van der Waals surface area contributed by atoms with Crippen molar-refractivity contribution >= 4 is 39.3 Å². The van der Waals surface area contributed by atoms with Crippen LogP contribution in [0.15, 0.2) is 34.1 Å². The van der Waals surface area contributed by atoms with Gasteiger partial charge in [0.1, 0.15) is 0 Å². The van der Waals surface area contributed by atoms with Crippen LogP contribution in [0.2, 0.25) is 0 Å². The average Bonchev–Trinajstić information content (AvgIpc) is 3.20. The van der Waals surface area contributed by atoms with Crippen LogP contribution in [-0.2, 0) is 11.2 Å². The summed E-state index contributed by atoms with van der Waals surface area (Å²) in [6.45, 7) is 0. The first-order valence-electron chi connectivity index (χ1n) is 7.13. The Bertz CT molecular complexity index is 900. The van der Waals surface area contributed by atoms with Crippen molar-refractivity contribution in [3.63, 3.8) is 0 Å². The molecule has 0 aliphatic carbocycles. The number of likely N-dealkylation sites (N-methyl/N-ethyl adjacent to an activating group) is 1. The second kappa shape index (κ2) is 6.71. The van der Waals surface area contributed by atoms with Crippen molar-refractivity contribution in [3.8, 4) is 5.75 Å². The Hall–Kier alpha value is -2.87. The molecule has 0 saturated heterocycles. The number of rotatable bonds is 5. The third kappa shape index (κ3) is 3.23. The first-order valence-corrected chi connectivity index (χ1v) is 8.01. The number of aromatic nitrogens is 1. The maximum Gasteiger partial charge on any atom is 0.293 e. The summed E-state index contributed by atoms with van der Waals surface area (Å²) in [4.78, 5) is 27.9. The van der Waals surface area contributed by atoms with Crippen LogP contribution >= 0.6 is 11.3 Å². The van der Waals surface area contributed by atoms with Gasteiger partial charge in [0.25, 0.3) is 5.91 Å². The van der Waals surface area contributed by atoms with Gasteiger partial charge in [-0.25, -0.2) is 4.98 Å². The number of carbonyl (C=O) groups excluding carboxylic acids is 2. The minimum atomic E-state index is -0.408. The van der Waals surface area contributed by atoms with E-state index in [9.17, 15) is 9.59 Å². The summed E-state index contributed by atoms with van der Waals surface area (Å²) in [5.41, 5.74) is 1.12. The van der Waals surface area contributed by atoms with Crippen LogP contribution in [0.25, 0.3) is 11.0 Å². The highest BCUT2D eigenvalue weighted by Gasteiger charge is 2.16. The summed E-state index contributed by atoms with van der Waals surface area (Å²) in [7, 11) is 3.10. The number of nitrogens with one attached hydrogen (secondary N) is 2. The zero-order valence-corrected chi connectivity index (χ0v) is 13.9. The molecule has 0 atom stereocenters. The minimum absolute atomic E-state index is 0.137. The molecular formula is C16H15N3O4S. The summed E-state index contributed by atoms with van der Waals surface area (Å²) in [5, 5.41) is 8.11. The number of ether oxygens (including phenoxy) is 1. The van der Waals surface area contributed by atoms with Gasteiger partial charge in [-0.15, -0.1) is 11.3 Å². The quantitative estimate of drug-likeness (QED) is 0.741. The molecule has 0 saturated carbocycles. The fraction of sp³-hybridized carbons (Fsp3) is 0.188. The summed E-state index contributed by atoms with van der Waals surface area (Å²) < 4.78 is 10.8. The molecule has 2 aromatic heterocycles. The highest BCUT2D eigenvalue weighted by Crippen LogP contribution is 2.29. The van der Waals surface area contributed by atoms with Gasteiger partial charge in [0.05, 0.1) is 19.2 Å². The molecule has 8 heteroatoms. The molecule has 0 aliphatic rings. The van der Waals surface area contributed by atoms with Crippen LogP contribution in [0.5, 0.6) is 5.75 Å². The highest BCUT2D eigenvalue weighted by molar-refractivity contribution is 7.14. The van der Waals surface area contributed by atoms with E-state index in [0.29, 0.717) is 22.2 Å². The van der Waals surface area contributed by atoms with E-state index in [2.05, 4.69) is 15.6 Å². The van der Waals surface area contributed by atoms with Crippen molar-refractivity contribution in [2.75, 3.05) is 19.5 Å². The molecule has 0 fully saturated rings. The monoisotopic (exact) mass is 345 g/mol. The first kappa shape index (κ1) is 16.0. The molecule has 0 spiro atoms. The van der Waals surface area contributed by atoms with Gasteiger partial charge in [-0.05, 0) is 12.1 Å². The Morgan fingerprint density at radius 3 is 2.96 bits per heavy atom. The lowest BCUT2D eigenvalue weighted by Gasteiger charge is -1.99. The first-order chi connectivity index (χ1) is 11.6. The number of benzene rings is 1. The fourth-order valence-electron chi connectivity index (χ4n) is 2.17. The number of amides is 2. The number of nitrogens with zero attached hydrogens (tertiary/aromatic N) is 1. The van der Waals surface area contributed by atoms with E-state index in [1.807, 2.05) is 12.1 Å². The number of para-hydroxylation sites is 1. The highest BCUT2D eigenvalue weighted by atomic mass is 32.1. The topological polar surface area (TPSA) is 93.5 Å². The molecule has 24 heavy (non-hydrogen) atoms. The number of fused-ring (bicyclic) bond motifs is 1. The van der Waals surface area contributed by atoms with E-state index in [4.69, 9.17) is 9.15 Å². The normalized spacial score (nSPS) is 10.6. The van der Waals surface area contributed by atoms with Gasteiger partial charge in [0.15, 0.2) is 22.2 Å². The third-order valence-corrected chi connectivity index (χ3v) is 4.15. The maximum atomic E-state index is 12.3. The van der Waals surface area contributed by atoms with E-state index in [-0.39, 0.29) is 18.1 Å². The smallest absolute Gasteiger partial charge is 0.293 e. The molecule has 0 unspecified atom stereocenters. The zero-order chi connectivity index (χ0) is 17.1. The Balaban J connectivity index is 1.76. The standard InChI is InChI=1S/C16H15N3O4S/c1-17-13(20)7-10-8-24-16(18-10)19-15(21)12-6-9-4-3-5-11(22-2)14(9)23-12/h3-6,8H,7H2,1-2H3,(H,17,20)(H,18,19,21). The van der Waals surface area contributed by atoms with Crippen LogP contribution < -0.4 is 15.4 Å². The Morgan fingerprint density at radius 1 is 1.38 bits per heavy atom. The SMILES string of the molecule is CNC(=O)Cc1csc(NC(=O)c2cc3cccc(OC)c3o2)n1. The molecule has 124 valence electrons. The van der Waals surface area contributed by atoms with Crippen molar-refractivity contribution in [1.29, 1.82) is 0 Å². The third-order valence-electron chi connectivity index (χ3n) is 3.34. The molecule has 7 nitrogen and oxygen atoms in total. The molecule has 3 rings (SSSR count). The van der Waals surface area contributed by atoms with Gasteiger partial charge in [-0.3, -0.25) is 14.9 Å². The van der Waals surface area contributed by atoms with Crippen LogP contribution in [0.3, 0.4) is 0 Å². The number of thiazole rings is 1. The second-order valence-electron chi connectivity index (χ2n) is 4.94. The fourth-order valence-corrected chi connectivity index (χ4v) is 2.87. The van der Waals surface area contributed by atoms with E-state index in [1.54, 1.807) is 31.7 Å². The molecule has 0 bridgehead atoms. The van der Waals surface area contributed by atoms with Gasteiger partial charge >= 0.3 is 0 Å². The van der Waals surface area contributed by atoms with Crippen molar-refractivity contribution in [2.45, 2.75) is 6.42 Å². The van der Waals surface area contributed by atoms with Gasteiger partial charge in [-0.2, -0.15) is 0 Å². The van der Waals surface area contributed by atoms with Crippen LogP contribution in [-0.4, -0.2) is 31.0 Å². The van der Waals surface area contributed by atoms with E-state index >= 15 is 0 Å². The van der Waals surface area contributed by atoms with E-state index in [0.717, 1.165) is 5.39 Å². The molecule has 2 heterocycles. The van der Waals surface area contributed by atoms with Crippen LogP contribution in [0, 0.1) is 0 Å². The number of hydrogen-bond donors (Lipinski definition) is 2. The summed E-state index contributed by atoms with van der Waals surface area (Å²) >= 11 is 1.25. The summed E-state index contributed by atoms with van der Waals surface area (Å²) in [6, 6.07) is 7.07. The van der Waals surface area contributed by atoms with Gasteiger partial charge in [-0.1, -0.05) is 12.1 Å². The number of anilines is 1. The second-order valence-corrected chi connectivity index (χ2v) is 5.80. The molecular weight excluding hydrogens is 330 g/mol. The van der Waals surface area contributed by atoms with Gasteiger partial charge < -0.3 is 14.5 Å². The van der Waals surface area contributed by atoms with Crippen LogP contribution in [0.4, 0.5) is 5.13 Å². The van der Waals surface area contributed by atoms with Gasteiger partial charge in [0.2, 0.25) is 5.91 Å². The van der Waals surface area contributed by atoms with Crippen LogP contribution in [0.1, 0.15) is 16.2 Å². The Kier molecular flexibility index (Phi) is 4.48. The molecule has 0 radical (unpaired) electrons. The van der Waals surface area contributed by atoms with Gasteiger partial charge in [0, 0.05) is 17.8 Å². The maximum absolute atomic E-state index is 12.3. The van der Waals surface area contributed by atoms with Crippen molar-refractivity contribution in [3.05, 3.63) is 41.1 Å². The average molecular weight is 345 g/mol. The lowest BCUT2D eigenvalue weighted by atomic mass is 10.2. The van der Waals surface area contributed by atoms with Crippen molar-refractivity contribution in [2.24, 2.45) is 0 Å².